The first-order chi connectivity index (χ1) is 20.2. The van der Waals surface area contributed by atoms with E-state index in [1.165, 1.54) is 4.90 Å². The monoisotopic (exact) mass is 630 g/mol. The van der Waals surface area contributed by atoms with E-state index in [9.17, 15) is 31.2 Å². The Hall–Kier alpha value is -3.79. The molecule has 2 fully saturated rings. The molecule has 2 saturated heterocycles. The van der Waals surface area contributed by atoms with Gasteiger partial charge < -0.3 is 21.3 Å². The summed E-state index contributed by atoms with van der Waals surface area (Å²) >= 11 is 0. The minimum absolute atomic E-state index is 0.0329. The number of rotatable bonds is 9. The van der Waals surface area contributed by atoms with Gasteiger partial charge in [0, 0.05) is 26.2 Å². The Morgan fingerprint density at radius 3 is 2.00 bits per heavy atom. The maximum atomic E-state index is 15.0. The normalized spacial score (nSPS) is 18.7. The number of carbonyl (C=O) groups is 2. The zero-order valence-electron chi connectivity index (χ0n) is 22.9. The standard InChI is InChI=1S/C27H31F5N6O4S/c28-19-20(29)22(31)24(23(32)21(19)30)43(41,42)38(14-16-8-11-36(12-9-16)27(34)35)18(13-15-5-2-1-3-6-15)26(40)37-10-4-7-17(37)25(33)39/h1-3,5-6,16-18H,4,7-14H2,(H2,33,39)(H3,34,35)/t17-,18+/m0/s1. The topological polar surface area (TPSA) is 154 Å². The van der Waals surface area contributed by atoms with Crippen LogP contribution in [0.2, 0.25) is 0 Å². The van der Waals surface area contributed by atoms with Gasteiger partial charge in [-0.25, -0.2) is 30.4 Å². The molecule has 10 nitrogen and oxygen atoms in total. The highest BCUT2D eigenvalue weighted by atomic mass is 32.2. The number of nitrogens with two attached hydrogens (primary N) is 2. The lowest BCUT2D eigenvalue weighted by Gasteiger charge is -2.38. The summed E-state index contributed by atoms with van der Waals surface area (Å²) in [6, 6.07) is 5.21. The second-order valence-electron chi connectivity index (χ2n) is 10.6. The van der Waals surface area contributed by atoms with Gasteiger partial charge in [0.25, 0.3) is 0 Å². The molecule has 2 amide bonds. The van der Waals surface area contributed by atoms with Crippen LogP contribution in [0.3, 0.4) is 0 Å². The van der Waals surface area contributed by atoms with E-state index in [0.29, 0.717) is 16.3 Å². The largest absolute Gasteiger partial charge is 0.370 e. The van der Waals surface area contributed by atoms with Crippen molar-refractivity contribution in [1.82, 2.24) is 14.1 Å². The third-order valence-corrected chi connectivity index (χ3v) is 9.79. The highest BCUT2D eigenvalue weighted by molar-refractivity contribution is 7.89. The highest BCUT2D eigenvalue weighted by Crippen LogP contribution is 2.33. The van der Waals surface area contributed by atoms with E-state index in [1.807, 2.05) is 0 Å². The number of hydrogen-bond donors (Lipinski definition) is 3. The van der Waals surface area contributed by atoms with Gasteiger partial charge in [-0.2, -0.15) is 4.31 Å². The van der Waals surface area contributed by atoms with Crippen LogP contribution in [-0.2, 0) is 26.0 Å². The summed E-state index contributed by atoms with van der Waals surface area (Å²) in [6.45, 7) is -0.0514. The molecule has 234 valence electrons. The van der Waals surface area contributed by atoms with Gasteiger partial charge >= 0.3 is 0 Å². The molecular formula is C27H31F5N6O4S. The van der Waals surface area contributed by atoms with Crippen LogP contribution < -0.4 is 11.5 Å². The van der Waals surface area contributed by atoms with Gasteiger partial charge in [-0.1, -0.05) is 30.3 Å². The number of carbonyl (C=O) groups excluding carboxylic acids is 2. The minimum atomic E-state index is -5.59. The summed E-state index contributed by atoms with van der Waals surface area (Å²) in [5.74, 6) is -15.1. The maximum absolute atomic E-state index is 15.0. The van der Waals surface area contributed by atoms with Crippen LogP contribution in [-0.4, -0.2) is 78.6 Å². The third-order valence-electron chi connectivity index (χ3n) is 7.90. The predicted octanol–water partition coefficient (Wildman–Crippen LogP) is 2.07. The van der Waals surface area contributed by atoms with Crippen LogP contribution in [0.5, 0.6) is 0 Å². The van der Waals surface area contributed by atoms with Crippen LogP contribution in [0.1, 0.15) is 31.2 Å². The summed E-state index contributed by atoms with van der Waals surface area (Å²) in [5.41, 5.74) is 11.5. The first-order valence-corrected chi connectivity index (χ1v) is 15.0. The summed E-state index contributed by atoms with van der Waals surface area (Å²) in [7, 11) is -5.59. The summed E-state index contributed by atoms with van der Waals surface area (Å²) in [6.07, 6.45) is 0.700. The van der Waals surface area contributed by atoms with E-state index in [0.717, 1.165) is 4.90 Å². The fourth-order valence-corrected chi connectivity index (χ4v) is 7.37. The number of likely N-dealkylation sites (tertiary alicyclic amines) is 2. The summed E-state index contributed by atoms with van der Waals surface area (Å²) in [5, 5.41) is 7.64. The molecule has 2 atom stereocenters. The molecule has 0 saturated carbocycles. The Labute approximate surface area is 245 Å². The van der Waals surface area contributed by atoms with Gasteiger partial charge in [0.1, 0.15) is 12.1 Å². The van der Waals surface area contributed by atoms with Crippen molar-refractivity contribution in [3.63, 3.8) is 0 Å². The number of sulfonamides is 1. The highest BCUT2D eigenvalue weighted by Gasteiger charge is 2.46. The molecule has 16 heteroatoms. The van der Waals surface area contributed by atoms with Gasteiger partial charge in [-0.05, 0) is 43.6 Å². The fourth-order valence-electron chi connectivity index (χ4n) is 5.60. The average Bonchev–Trinajstić information content (AvgIpc) is 3.48. The lowest BCUT2D eigenvalue weighted by Crippen LogP contribution is -2.56. The Morgan fingerprint density at radius 2 is 1.47 bits per heavy atom. The molecule has 4 rings (SSSR count). The van der Waals surface area contributed by atoms with Crippen molar-refractivity contribution in [3.05, 3.63) is 65.0 Å². The van der Waals surface area contributed by atoms with Crippen molar-refractivity contribution in [2.24, 2.45) is 17.4 Å². The van der Waals surface area contributed by atoms with E-state index in [4.69, 9.17) is 16.9 Å². The minimum Gasteiger partial charge on any atom is -0.370 e. The predicted molar refractivity (Wildman–Crippen MR) is 144 cm³/mol. The number of guanidine groups is 1. The van der Waals surface area contributed by atoms with Crippen molar-refractivity contribution in [3.8, 4) is 0 Å². The third kappa shape index (κ3) is 6.44. The SMILES string of the molecule is N=C(N)N1CCC(CN([C@H](Cc2ccccc2)C(=O)N2CCC[C@H]2C(N)=O)S(=O)(=O)c2c(F)c(F)c(F)c(F)c2F)CC1. The molecular weight excluding hydrogens is 599 g/mol. The van der Waals surface area contributed by atoms with Crippen molar-refractivity contribution in [2.45, 2.75) is 49.1 Å². The molecule has 2 aromatic rings. The number of piperidine rings is 1. The zero-order valence-corrected chi connectivity index (χ0v) is 23.7. The Kier molecular flexibility index (Phi) is 9.59. The van der Waals surface area contributed by atoms with Gasteiger partial charge in [0.15, 0.2) is 34.1 Å². The number of nitrogens with one attached hydrogen (secondary N) is 1. The van der Waals surface area contributed by atoms with Crippen molar-refractivity contribution in [2.75, 3.05) is 26.2 Å². The van der Waals surface area contributed by atoms with Crippen molar-refractivity contribution in [1.29, 1.82) is 5.41 Å². The van der Waals surface area contributed by atoms with Gasteiger partial charge in [0.2, 0.25) is 27.7 Å². The smallest absolute Gasteiger partial charge is 0.249 e. The zero-order chi connectivity index (χ0) is 31.6. The lowest BCUT2D eigenvalue weighted by atomic mass is 9.95. The number of amides is 2. The van der Waals surface area contributed by atoms with Crippen LogP contribution >= 0.6 is 0 Å². The molecule has 0 radical (unpaired) electrons. The van der Waals surface area contributed by atoms with Crippen molar-refractivity contribution >= 4 is 27.8 Å². The van der Waals surface area contributed by atoms with E-state index in [2.05, 4.69) is 0 Å². The Morgan fingerprint density at radius 1 is 0.907 bits per heavy atom. The summed E-state index contributed by atoms with van der Waals surface area (Å²) < 4.78 is 101. The Balaban J connectivity index is 1.87. The molecule has 5 N–H and O–H groups in total. The molecule has 0 aliphatic carbocycles. The molecule has 0 spiro atoms. The number of nitrogens with zero attached hydrogens (tertiary/aromatic N) is 3. The first-order valence-electron chi connectivity index (χ1n) is 13.5. The van der Waals surface area contributed by atoms with Gasteiger partial charge in [0.05, 0.1) is 0 Å². The average molecular weight is 631 g/mol. The molecule has 2 aliphatic rings. The van der Waals surface area contributed by atoms with Crippen LogP contribution in [0.4, 0.5) is 22.0 Å². The quantitative estimate of drug-likeness (QED) is 0.127. The van der Waals surface area contributed by atoms with Gasteiger partial charge in [-0.3, -0.25) is 15.0 Å². The van der Waals surface area contributed by atoms with E-state index >= 15 is 8.78 Å². The van der Waals surface area contributed by atoms with E-state index < -0.39 is 80.4 Å². The molecule has 0 bridgehead atoms. The number of halogens is 5. The first kappa shape index (κ1) is 32.1. The molecule has 2 heterocycles. The second-order valence-corrected chi connectivity index (χ2v) is 12.4. The van der Waals surface area contributed by atoms with Crippen LogP contribution in [0, 0.1) is 40.4 Å². The molecule has 2 aliphatic heterocycles. The van der Waals surface area contributed by atoms with E-state index in [1.54, 1.807) is 30.3 Å². The van der Waals surface area contributed by atoms with Crippen molar-refractivity contribution < 1.29 is 40.0 Å². The molecule has 0 aromatic heterocycles. The number of primary amides is 1. The summed E-state index contributed by atoms with van der Waals surface area (Å²) in [4.78, 5) is 26.8. The van der Waals surface area contributed by atoms with E-state index in [-0.39, 0.29) is 51.3 Å². The number of hydrogen-bond acceptors (Lipinski definition) is 5. The van der Waals surface area contributed by atoms with Gasteiger partial charge in [-0.15, -0.1) is 0 Å². The second kappa shape index (κ2) is 12.8. The lowest BCUT2D eigenvalue weighted by molar-refractivity contribution is -0.140. The van der Waals surface area contributed by atoms with Crippen LogP contribution in [0.25, 0.3) is 0 Å². The Bertz CT molecular complexity index is 1480. The molecule has 0 unspecified atom stereocenters. The molecule has 2 aromatic carbocycles. The maximum Gasteiger partial charge on any atom is 0.249 e. The van der Waals surface area contributed by atoms with Crippen LogP contribution in [0.15, 0.2) is 35.2 Å². The fraction of sp³-hybridized carbons (Fsp3) is 0.444. The number of benzene rings is 2. The molecule has 43 heavy (non-hydrogen) atoms.